The monoisotopic (exact) mass is 235 g/mol. The zero-order valence-corrected chi connectivity index (χ0v) is 10.8. The van der Waals surface area contributed by atoms with Crippen molar-refractivity contribution in [2.45, 2.75) is 45.1 Å². The number of rotatable bonds is 3. The zero-order valence-electron chi connectivity index (χ0n) is 10.8. The summed E-state index contributed by atoms with van der Waals surface area (Å²) in [7, 11) is 1.99. The lowest BCUT2D eigenvalue weighted by Gasteiger charge is -2.31. The van der Waals surface area contributed by atoms with Crippen molar-refractivity contribution < 1.29 is 4.39 Å². The van der Waals surface area contributed by atoms with E-state index < -0.39 is 0 Å². The number of aryl methyl sites for hydroxylation is 1. The molecule has 0 amide bonds. The van der Waals surface area contributed by atoms with Crippen LogP contribution in [0, 0.1) is 18.7 Å². The van der Waals surface area contributed by atoms with Crippen molar-refractivity contribution in [1.82, 2.24) is 5.32 Å². The molecule has 1 nitrogen and oxygen atoms in total. The minimum Gasteiger partial charge on any atom is -0.313 e. The van der Waals surface area contributed by atoms with Gasteiger partial charge in [0.15, 0.2) is 0 Å². The molecule has 1 aliphatic carbocycles. The molecule has 1 unspecified atom stereocenters. The molecular weight excluding hydrogens is 213 g/mol. The Balaban J connectivity index is 2.24. The minimum atomic E-state index is -0.123. The van der Waals surface area contributed by atoms with Crippen molar-refractivity contribution in [1.29, 1.82) is 0 Å². The third-order valence-electron chi connectivity index (χ3n) is 4.01. The number of hydrogen-bond donors (Lipinski definition) is 1. The van der Waals surface area contributed by atoms with Crippen molar-refractivity contribution in [2.24, 2.45) is 5.92 Å². The van der Waals surface area contributed by atoms with Crippen molar-refractivity contribution in [3.8, 4) is 0 Å². The van der Waals surface area contributed by atoms with Crippen LogP contribution >= 0.6 is 0 Å². The molecule has 1 atom stereocenters. The molecule has 0 heterocycles. The summed E-state index contributed by atoms with van der Waals surface area (Å²) in [5.41, 5.74) is 2.33. The van der Waals surface area contributed by atoms with Gasteiger partial charge in [-0.15, -0.1) is 0 Å². The molecule has 0 bridgehead atoms. The standard InChI is InChI=1S/C15H22FN/c1-11-8-9-13(16)10-14(11)15(17-2)12-6-4-3-5-7-12/h8-10,12,15,17H,3-7H2,1-2H3. The smallest absolute Gasteiger partial charge is 0.123 e. The van der Waals surface area contributed by atoms with E-state index in [1.54, 1.807) is 12.1 Å². The second-order valence-corrected chi connectivity index (χ2v) is 5.17. The van der Waals surface area contributed by atoms with E-state index in [0.717, 1.165) is 5.56 Å². The predicted molar refractivity (Wildman–Crippen MR) is 69.5 cm³/mol. The van der Waals surface area contributed by atoms with Crippen molar-refractivity contribution in [2.75, 3.05) is 7.05 Å². The minimum absolute atomic E-state index is 0.123. The third kappa shape index (κ3) is 2.86. The van der Waals surface area contributed by atoms with Gasteiger partial charge in [-0.3, -0.25) is 0 Å². The van der Waals surface area contributed by atoms with E-state index in [0.29, 0.717) is 12.0 Å². The van der Waals surface area contributed by atoms with Crippen LogP contribution in [0.3, 0.4) is 0 Å². The topological polar surface area (TPSA) is 12.0 Å². The Hall–Kier alpha value is -0.890. The Kier molecular flexibility index (Phi) is 4.16. The molecule has 0 aliphatic heterocycles. The number of nitrogens with one attached hydrogen (secondary N) is 1. The van der Waals surface area contributed by atoms with E-state index in [-0.39, 0.29) is 5.82 Å². The van der Waals surface area contributed by atoms with Gasteiger partial charge in [0.25, 0.3) is 0 Å². The average Bonchev–Trinajstić information content (AvgIpc) is 2.36. The Morgan fingerprint density at radius 3 is 2.59 bits per heavy atom. The normalized spacial score (nSPS) is 19.2. The van der Waals surface area contributed by atoms with E-state index in [1.165, 1.54) is 37.7 Å². The fraction of sp³-hybridized carbons (Fsp3) is 0.600. The third-order valence-corrected chi connectivity index (χ3v) is 4.01. The summed E-state index contributed by atoms with van der Waals surface area (Å²) < 4.78 is 13.4. The fourth-order valence-corrected chi connectivity index (χ4v) is 3.06. The van der Waals surface area contributed by atoms with Crippen LogP contribution in [0.15, 0.2) is 18.2 Å². The van der Waals surface area contributed by atoms with Crippen molar-refractivity contribution >= 4 is 0 Å². The first kappa shape index (κ1) is 12.6. The van der Waals surface area contributed by atoms with Gasteiger partial charge in [-0.2, -0.15) is 0 Å². The highest BCUT2D eigenvalue weighted by Crippen LogP contribution is 2.35. The molecule has 0 saturated heterocycles. The first-order valence-corrected chi connectivity index (χ1v) is 6.65. The van der Waals surface area contributed by atoms with Crippen LogP contribution in [0.1, 0.15) is 49.3 Å². The first-order valence-electron chi connectivity index (χ1n) is 6.65. The SMILES string of the molecule is CNC(c1cc(F)ccc1C)C1CCCCC1. The van der Waals surface area contributed by atoms with Gasteiger partial charge < -0.3 is 5.32 Å². The van der Waals surface area contributed by atoms with Gasteiger partial charge in [0.1, 0.15) is 5.82 Å². The Morgan fingerprint density at radius 1 is 1.24 bits per heavy atom. The summed E-state index contributed by atoms with van der Waals surface area (Å²) in [6.07, 6.45) is 6.52. The Labute approximate surface area is 103 Å². The maximum atomic E-state index is 13.4. The van der Waals surface area contributed by atoms with Crippen LogP contribution in [-0.4, -0.2) is 7.05 Å². The summed E-state index contributed by atoms with van der Waals surface area (Å²) >= 11 is 0. The van der Waals surface area contributed by atoms with E-state index in [4.69, 9.17) is 0 Å². The summed E-state index contributed by atoms with van der Waals surface area (Å²) in [6.45, 7) is 2.07. The molecular formula is C15H22FN. The molecule has 1 aromatic rings. The van der Waals surface area contributed by atoms with Gasteiger partial charge in [-0.1, -0.05) is 25.3 Å². The van der Waals surface area contributed by atoms with E-state index in [9.17, 15) is 4.39 Å². The Bertz CT molecular complexity index is 369. The van der Waals surface area contributed by atoms with E-state index in [1.807, 2.05) is 13.1 Å². The van der Waals surface area contributed by atoms with E-state index >= 15 is 0 Å². The number of benzene rings is 1. The van der Waals surface area contributed by atoms with Crippen LogP contribution in [0.25, 0.3) is 0 Å². The van der Waals surface area contributed by atoms with E-state index in [2.05, 4.69) is 12.2 Å². The molecule has 1 fully saturated rings. The van der Waals surface area contributed by atoms with Gasteiger partial charge in [0, 0.05) is 6.04 Å². The van der Waals surface area contributed by atoms with Gasteiger partial charge in [-0.05, 0) is 56.0 Å². The first-order chi connectivity index (χ1) is 8.22. The summed E-state index contributed by atoms with van der Waals surface area (Å²) in [6, 6.07) is 5.45. The van der Waals surface area contributed by atoms with Gasteiger partial charge in [0.05, 0.1) is 0 Å². The molecule has 1 saturated carbocycles. The molecule has 17 heavy (non-hydrogen) atoms. The van der Waals surface area contributed by atoms with Crippen molar-refractivity contribution in [3.05, 3.63) is 35.1 Å². The van der Waals surface area contributed by atoms with Gasteiger partial charge in [-0.25, -0.2) is 4.39 Å². The van der Waals surface area contributed by atoms with Gasteiger partial charge >= 0.3 is 0 Å². The second kappa shape index (κ2) is 5.63. The molecule has 1 aliphatic rings. The van der Waals surface area contributed by atoms with Gasteiger partial charge in [0.2, 0.25) is 0 Å². The van der Waals surface area contributed by atoms with Crippen LogP contribution < -0.4 is 5.32 Å². The fourth-order valence-electron chi connectivity index (χ4n) is 3.06. The lowest BCUT2D eigenvalue weighted by molar-refractivity contribution is 0.280. The van der Waals surface area contributed by atoms with Crippen LogP contribution in [0.4, 0.5) is 4.39 Å². The lowest BCUT2D eigenvalue weighted by atomic mass is 9.80. The molecule has 0 spiro atoms. The summed E-state index contributed by atoms with van der Waals surface area (Å²) in [5.74, 6) is 0.538. The molecule has 94 valence electrons. The highest BCUT2D eigenvalue weighted by Gasteiger charge is 2.24. The molecule has 1 N–H and O–H groups in total. The summed E-state index contributed by atoms with van der Waals surface area (Å²) in [5, 5.41) is 3.39. The van der Waals surface area contributed by atoms with Crippen LogP contribution in [0.5, 0.6) is 0 Å². The number of halogens is 1. The van der Waals surface area contributed by atoms with Crippen LogP contribution in [-0.2, 0) is 0 Å². The largest absolute Gasteiger partial charge is 0.313 e. The highest BCUT2D eigenvalue weighted by atomic mass is 19.1. The zero-order chi connectivity index (χ0) is 12.3. The Morgan fingerprint density at radius 2 is 1.94 bits per heavy atom. The van der Waals surface area contributed by atoms with Crippen LogP contribution in [0.2, 0.25) is 0 Å². The summed E-state index contributed by atoms with van der Waals surface area (Å²) in [4.78, 5) is 0. The molecule has 0 aromatic heterocycles. The quantitative estimate of drug-likeness (QED) is 0.835. The van der Waals surface area contributed by atoms with Crippen molar-refractivity contribution in [3.63, 3.8) is 0 Å². The maximum Gasteiger partial charge on any atom is 0.123 e. The highest BCUT2D eigenvalue weighted by molar-refractivity contribution is 5.30. The molecule has 2 rings (SSSR count). The number of hydrogen-bond acceptors (Lipinski definition) is 1. The predicted octanol–water partition coefficient (Wildman–Crippen LogP) is 3.97. The second-order valence-electron chi connectivity index (χ2n) is 5.17. The average molecular weight is 235 g/mol. The molecule has 0 radical (unpaired) electrons. The lowest BCUT2D eigenvalue weighted by Crippen LogP contribution is -2.27. The molecule has 1 aromatic carbocycles. The maximum absolute atomic E-state index is 13.4. The molecule has 2 heteroatoms.